The average molecular weight is 929 g/mol. The SMILES string of the molecule is CC/C=C\C/C=C\C/C=C\C/C=C\C/C=C\C/C=C\C/C=C\CCCCCC(=O)OCC(COC(=O)CCCCCCC/C=C\CCC)OC(=O)CCCCCCC/C=C\CCCCCCC. The van der Waals surface area contributed by atoms with Crippen molar-refractivity contribution in [3.05, 3.63) is 109 Å². The van der Waals surface area contributed by atoms with E-state index in [2.05, 4.69) is 130 Å². The summed E-state index contributed by atoms with van der Waals surface area (Å²) < 4.78 is 16.8. The maximum Gasteiger partial charge on any atom is 0.306 e. The first-order valence-corrected chi connectivity index (χ1v) is 27.4. The van der Waals surface area contributed by atoms with Gasteiger partial charge in [0, 0.05) is 19.3 Å². The van der Waals surface area contributed by atoms with Crippen LogP contribution in [0.4, 0.5) is 0 Å². The number of carbonyl (C=O) groups excluding carboxylic acids is 3. The number of unbranched alkanes of at least 4 members (excludes halogenated alkanes) is 19. The van der Waals surface area contributed by atoms with Crippen LogP contribution in [0.1, 0.15) is 239 Å². The molecule has 1 atom stereocenters. The molecule has 0 heterocycles. The molecular formula is C61H100O6. The van der Waals surface area contributed by atoms with Crippen molar-refractivity contribution in [1.29, 1.82) is 0 Å². The van der Waals surface area contributed by atoms with E-state index < -0.39 is 6.10 Å². The molecule has 0 saturated carbocycles. The van der Waals surface area contributed by atoms with Gasteiger partial charge in [-0.2, -0.15) is 0 Å². The fourth-order valence-electron chi connectivity index (χ4n) is 7.12. The highest BCUT2D eigenvalue weighted by Crippen LogP contribution is 2.13. The van der Waals surface area contributed by atoms with E-state index in [9.17, 15) is 14.4 Å². The molecule has 0 aliphatic carbocycles. The molecular weight excluding hydrogens is 829 g/mol. The summed E-state index contributed by atoms with van der Waals surface area (Å²) in [4.78, 5) is 38.0. The molecule has 380 valence electrons. The molecule has 0 saturated heterocycles. The summed E-state index contributed by atoms with van der Waals surface area (Å²) in [6.45, 7) is 6.40. The van der Waals surface area contributed by atoms with Gasteiger partial charge in [0.25, 0.3) is 0 Å². The maximum absolute atomic E-state index is 12.8. The minimum atomic E-state index is -0.800. The zero-order chi connectivity index (χ0) is 48.6. The number of hydrogen-bond donors (Lipinski definition) is 0. The van der Waals surface area contributed by atoms with Crippen LogP contribution in [0, 0.1) is 0 Å². The van der Waals surface area contributed by atoms with Gasteiger partial charge in [-0.1, -0.05) is 207 Å². The Morgan fingerprint density at radius 1 is 0.313 bits per heavy atom. The lowest BCUT2D eigenvalue weighted by Gasteiger charge is -2.18. The normalized spacial score (nSPS) is 12.9. The zero-order valence-corrected chi connectivity index (χ0v) is 43.4. The van der Waals surface area contributed by atoms with Crippen molar-refractivity contribution in [3.8, 4) is 0 Å². The predicted octanol–water partition coefficient (Wildman–Crippen LogP) is 18.3. The van der Waals surface area contributed by atoms with Crippen molar-refractivity contribution in [1.82, 2.24) is 0 Å². The van der Waals surface area contributed by atoms with Crippen LogP contribution in [-0.2, 0) is 28.6 Å². The summed E-state index contributed by atoms with van der Waals surface area (Å²) in [6, 6.07) is 0. The van der Waals surface area contributed by atoms with Gasteiger partial charge in [-0.15, -0.1) is 0 Å². The molecule has 0 amide bonds. The number of rotatable bonds is 48. The van der Waals surface area contributed by atoms with Gasteiger partial charge in [-0.3, -0.25) is 14.4 Å². The summed E-state index contributed by atoms with van der Waals surface area (Å²) in [5.41, 5.74) is 0. The fraction of sp³-hybridized carbons (Fsp3) is 0.656. The third-order valence-corrected chi connectivity index (χ3v) is 11.2. The van der Waals surface area contributed by atoms with Crippen LogP contribution in [0.5, 0.6) is 0 Å². The largest absolute Gasteiger partial charge is 0.462 e. The molecule has 0 fully saturated rings. The summed E-state index contributed by atoms with van der Waals surface area (Å²) in [5, 5.41) is 0. The van der Waals surface area contributed by atoms with Crippen LogP contribution in [0.25, 0.3) is 0 Å². The van der Waals surface area contributed by atoms with Gasteiger partial charge in [0.05, 0.1) is 0 Å². The van der Waals surface area contributed by atoms with E-state index in [0.717, 1.165) is 141 Å². The maximum atomic E-state index is 12.8. The Morgan fingerprint density at radius 2 is 0.612 bits per heavy atom. The van der Waals surface area contributed by atoms with Gasteiger partial charge in [-0.05, 0) is 122 Å². The van der Waals surface area contributed by atoms with Crippen molar-refractivity contribution in [2.75, 3.05) is 13.2 Å². The van der Waals surface area contributed by atoms with Crippen molar-refractivity contribution < 1.29 is 28.6 Å². The Bertz CT molecular complexity index is 1390. The summed E-state index contributed by atoms with van der Waals surface area (Å²) in [5.74, 6) is -0.955. The number of allylic oxidation sites excluding steroid dienone is 18. The molecule has 0 aromatic carbocycles. The lowest BCUT2D eigenvalue weighted by Crippen LogP contribution is -2.30. The predicted molar refractivity (Wildman–Crippen MR) is 288 cm³/mol. The van der Waals surface area contributed by atoms with Gasteiger partial charge in [0.15, 0.2) is 6.10 Å². The summed E-state index contributed by atoms with van der Waals surface area (Å²) in [7, 11) is 0. The monoisotopic (exact) mass is 929 g/mol. The Balaban J connectivity index is 4.39. The highest BCUT2D eigenvalue weighted by Gasteiger charge is 2.19. The summed E-state index contributed by atoms with van der Waals surface area (Å²) >= 11 is 0. The van der Waals surface area contributed by atoms with Gasteiger partial charge >= 0.3 is 17.9 Å². The van der Waals surface area contributed by atoms with Gasteiger partial charge in [0.2, 0.25) is 0 Å². The zero-order valence-electron chi connectivity index (χ0n) is 43.4. The second-order valence-corrected chi connectivity index (χ2v) is 17.7. The third kappa shape index (κ3) is 52.9. The molecule has 0 rings (SSSR count). The summed E-state index contributed by atoms with van der Waals surface area (Å²) in [6.07, 6.45) is 73.7. The van der Waals surface area contributed by atoms with E-state index in [4.69, 9.17) is 14.2 Å². The molecule has 6 nitrogen and oxygen atoms in total. The van der Waals surface area contributed by atoms with Gasteiger partial charge in [0.1, 0.15) is 13.2 Å². The average Bonchev–Trinajstić information content (AvgIpc) is 3.33. The number of esters is 3. The quantitative estimate of drug-likeness (QED) is 0.0262. The molecule has 0 aromatic heterocycles. The fourth-order valence-corrected chi connectivity index (χ4v) is 7.12. The minimum absolute atomic E-state index is 0.0981. The molecule has 0 bridgehead atoms. The minimum Gasteiger partial charge on any atom is -0.462 e. The second-order valence-electron chi connectivity index (χ2n) is 17.7. The van der Waals surface area contributed by atoms with Crippen molar-refractivity contribution >= 4 is 17.9 Å². The Kier molecular flexibility index (Phi) is 51.5. The molecule has 1 unspecified atom stereocenters. The molecule has 6 heteroatoms. The van der Waals surface area contributed by atoms with Gasteiger partial charge in [-0.25, -0.2) is 0 Å². The molecule has 0 N–H and O–H groups in total. The first kappa shape index (κ1) is 63.1. The Morgan fingerprint density at radius 3 is 1.00 bits per heavy atom. The van der Waals surface area contributed by atoms with Crippen molar-refractivity contribution in [2.24, 2.45) is 0 Å². The number of ether oxygens (including phenoxy) is 3. The van der Waals surface area contributed by atoms with E-state index >= 15 is 0 Å². The van der Waals surface area contributed by atoms with E-state index in [1.807, 2.05) is 0 Å². The van der Waals surface area contributed by atoms with Gasteiger partial charge < -0.3 is 14.2 Å². The van der Waals surface area contributed by atoms with E-state index in [-0.39, 0.29) is 31.1 Å². The lowest BCUT2D eigenvalue weighted by molar-refractivity contribution is -0.167. The van der Waals surface area contributed by atoms with Crippen molar-refractivity contribution in [2.45, 2.75) is 245 Å². The van der Waals surface area contributed by atoms with Crippen LogP contribution in [0.2, 0.25) is 0 Å². The highest BCUT2D eigenvalue weighted by atomic mass is 16.6. The molecule has 0 aliphatic heterocycles. The van der Waals surface area contributed by atoms with Crippen LogP contribution < -0.4 is 0 Å². The smallest absolute Gasteiger partial charge is 0.306 e. The molecule has 0 radical (unpaired) electrons. The van der Waals surface area contributed by atoms with E-state index in [1.165, 1.54) is 57.8 Å². The Labute approximate surface area is 412 Å². The molecule has 0 spiro atoms. The molecule has 0 aliphatic rings. The first-order valence-electron chi connectivity index (χ1n) is 27.4. The standard InChI is InChI=1S/C61H100O6/c1-4-7-10-13-16-19-22-24-26-27-28-29-30-31-32-33-34-35-36-38-39-42-45-48-51-54-60(63)66-57-58(56-65-59(62)53-50-47-44-41-21-18-15-12-9-6-3)67-61(64)55-52-49-46-43-40-37-25-23-20-17-14-11-8-5-2/h7,10,12,15-16,19,23-26,28-29,31-32,34-35,38-39,58H,4-6,8-9,11,13-14,17-18,20-22,27,30,33,36-37,40-57H2,1-3H3/b10-7-,15-12-,19-16-,25-23-,26-24-,29-28-,32-31-,35-34-,39-38-. The topological polar surface area (TPSA) is 78.9 Å². The lowest BCUT2D eigenvalue weighted by atomic mass is 10.1. The van der Waals surface area contributed by atoms with E-state index in [0.29, 0.717) is 19.3 Å². The van der Waals surface area contributed by atoms with Crippen molar-refractivity contribution in [3.63, 3.8) is 0 Å². The van der Waals surface area contributed by atoms with Crippen LogP contribution in [-0.4, -0.2) is 37.2 Å². The Hall–Kier alpha value is -3.93. The molecule has 0 aromatic rings. The van der Waals surface area contributed by atoms with E-state index in [1.54, 1.807) is 0 Å². The van der Waals surface area contributed by atoms with Crippen LogP contribution in [0.15, 0.2) is 109 Å². The number of hydrogen-bond acceptors (Lipinski definition) is 6. The first-order chi connectivity index (χ1) is 33.0. The third-order valence-electron chi connectivity index (χ3n) is 11.2. The van der Waals surface area contributed by atoms with Crippen LogP contribution in [0.3, 0.4) is 0 Å². The second kappa shape index (κ2) is 54.7. The highest BCUT2D eigenvalue weighted by molar-refractivity contribution is 5.71. The molecule has 67 heavy (non-hydrogen) atoms. The number of carbonyl (C=O) groups is 3. The van der Waals surface area contributed by atoms with Crippen LogP contribution >= 0.6 is 0 Å².